The lowest BCUT2D eigenvalue weighted by Crippen LogP contribution is -2.21. The first-order valence-electron chi connectivity index (χ1n) is 10.2. The maximum atomic E-state index is 12.3. The van der Waals surface area contributed by atoms with Crippen molar-refractivity contribution in [2.24, 2.45) is 0 Å². The SMILES string of the molecule is CCC(C)Oc1cccc(NCC(=O)Nc2ccc(OCc3ccccc3)cc2)c1. The maximum absolute atomic E-state index is 12.3. The fourth-order valence-electron chi connectivity index (χ4n) is 2.76. The van der Waals surface area contributed by atoms with Crippen LogP contribution in [-0.4, -0.2) is 18.6 Å². The van der Waals surface area contributed by atoms with Crippen LogP contribution in [0.1, 0.15) is 25.8 Å². The van der Waals surface area contributed by atoms with Gasteiger partial charge in [0.15, 0.2) is 0 Å². The molecule has 0 radical (unpaired) electrons. The Labute approximate surface area is 178 Å². The lowest BCUT2D eigenvalue weighted by molar-refractivity contribution is -0.114. The molecule has 1 amide bonds. The third-order valence-corrected chi connectivity index (χ3v) is 4.59. The lowest BCUT2D eigenvalue weighted by atomic mass is 10.2. The van der Waals surface area contributed by atoms with E-state index in [0.717, 1.165) is 34.9 Å². The highest BCUT2D eigenvalue weighted by Gasteiger charge is 2.05. The van der Waals surface area contributed by atoms with E-state index in [2.05, 4.69) is 17.6 Å². The van der Waals surface area contributed by atoms with Crippen LogP contribution in [0.5, 0.6) is 11.5 Å². The number of nitrogens with one attached hydrogen (secondary N) is 2. The van der Waals surface area contributed by atoms with E-state index in [1.54, 1.807) is 0 Å². The van der Waals surface area contributed by atoms with E-state index in [4.69, 9.17) is 9.47 Å². The van der Waals surface area contributed by atoms with Gasteiger partial charge in [0.25, 0.3) is 0 Å². The second kappa shape index (κ2) is 10.9. The molecule has 0 heterocycles. The summed E-state index contributed by atoms with van der Waals surface area (Å²) in [5, 5.41) is 6.01. The zero-order valence-electron chi connectivity index (χ0n) is 17.4. The summed E-state index contributed by atoms with van der Waals surface area (Å²) in [7, 11) is 0. The van der Waals surface area contributed by atoms with Crippen molar-refractivity contribution in [1.29, 1.82) is 0 Å². The van der Waals surface area contributed by atoms with E-state index in [9.17, 15) is 4.79 Å². The summed E-state index contributed by atoms with van der Waals surface area (Å²) in [5.41, 5.74) is 2.68. The Kier molecular flexibility index (Phi) is 7.72. The van der Waals surface area contributed by atoms with E-state index in [1.165, 1.54) is 0 Å². The van der Waals surface area contributed by atoms with Crippen LogP contribution in [0, 0.1) is 0 Å². The van der Waals surface area contributed by atoms with Gasteiger partial charge in [0.05, 0.1) is 12.6 Å². The van der Waals surface area contributed by atoms with Crippen molar-refractivity contribution in [2.75, 3.05) is 17.2 Å². The summed E-state index contributed by atoms with van der Waals surface area (Å²) in [6.07, 6.45) is 1.10. The molecule has 0 aromatic heterocycles. The molecule has 1 unspecified atom stereocenters. The molecule has 3 aromatic rings. The van der Waals surface area contributed by atoms with Crippen molar-refractivity contribution in [3.63, 3.8) is 0 Å². The Bertz CT molecular complexity index is 927. The predicted molar refractivity (Wildman–Crippen MR) is 121 cm³/mol. The standard InChI is InChI=1S/C25H28N2O3/c1-3-19(2)30-24-11-7-10-22(16-24)26-17-25(28)27-21-12-14-23(15-13-21)29-18-20-8-5-4-6-9-20/h4-16,19,26H,3,17-18H2,1-2H3,(H,27,28). The Balaban J connectivity index is 1.45. The normalized spacial score (nSPS) is 11.4. The molecule has 0 aliphatic heterocycles. The molecular formula is C25H28N2O3. The average Bonchev–Trinajstić information content (AvgIpc) is 2.78. The fourth-order valence-corrected chi connectivity index (χ4v) is 2.76. The van der Waals surface area contributed by atoms with Crippen LogP contribution < -0.4 is 20.1 Å². The Morgan fingerprint density at radius 2 is 1.67 bits per heavy atom. The van der Waals surface area contributed by atoms with Crippen LogP contribution in [0.15, 0.2) is 78.9 Å². The van der Waals surface area contributed by atoms with E-state index in [1.807, 2.05) is 85.8 Å². The summed E-state index contributed by atoms with van der Waals surface area (Å²) in [5.74, 6) is 1.43. The van der Waals surface area contributed by atoms with Crippen molar-refractivity contribution in [1.82, 2.24) is 0 Å². The van der Waals surface area contributed by atoms with E-state index in [-0.39, 0.29) is 18.6 Å². The molecule has 5 nitrogen and oxygen atoms in total. The molecule has 0 saturated heterocycles. The maximum Gasteiger partial charge on any atom is 0.243 e. The van der Waals surface area contributed by atoms with E-state index >= 15 is 0 Å². The topological polar surface area (TPSA) is 59.6 Å². The van der Waals surface area contributed by atoms with Crippen LogP contribution in [0.4, 0.5) is 11.4 Å². The summed E-state index contributed by atoms with van der Waals surface area (Å²) >= 11 is 0. The van der Waals surface area contributed by atoms with Crippen molar-refractivity contribution in [2.45, 2.75) is 33.0 Å². The second-order valence-corrected chi connectivity index (χ2v) is 7.06. The van der Waals surface area contributed by atoms with Crippen LogP contribution in [0.2, 0.25) is 0 Å². The van der Waals surface area contributed by atoms with Gasteiger partial charge in [-0.15, -0.1) is 0 Å². The minimum atomic E-state index is -0.124. The summed E-state index contributed by atoms with van der Waals surface area (Å²) < 4.78 is 11.6. The Morgan fingerprint density at radius 3 is 2.40 bits per heavy atom. The molecule has 0 saturated carbocycles. The monoisotopic (exact) mass is 404 g/mol. The van der Waals surface area contributed by atoms with Gasteiger partial charge in [-0.05, 0) is 55.3 Å². The number of carbonyl (C=O) groups is 1. The van der Waals surface area contributed by atoms with Crippen LogP contribution in [-0.2, 0) is 11.4 Å². The van der Waals surface area contributed by atoms with Gasteiger partial charge in [-0.25, -0.2) is 0 Å². The summed E-state index contributed by atoms with van der Waals surface area (Å²) in [4.78, 5) is 12.3. The van der Waals surface area contributed by atoms with Gasteiger partial charge in [0.1, 0.15) is 18.1 Å². The van der Waals surface area contributed by atoms with Crippen LogP contribution in [0.3, 0.4) is 0 Å². The molecule has 5 heteroatoms. The number of hydrogen-bond acceptors (Lipinski definition) is 4. The molecule has 3 rings (SSSR count). The number of amides is 1. The number of rotatable bonds is 10. The average molecular weight is 405 g/mol. The quantitative estimate of drug-likeness (QED) is 0.469. The summed E-state index contributed by atoms with van der Waals surface area (Å²) in [6, 6.07) is 25.0. The molecule has 0 aliphatic rings. The minimum Gasteiger partial charge on any atom is -0.491 e. The fraction of sp³-hybridized carbons (Fsp3) is 0.240. The highest BCUT2D eigenvalue weighted by Crippen LogP contribution is 2.20. The lowest BCUT2D eigenvalue weighted by Gasteiger charge is -2.14. The second-order valence-electron chi connectivity index (χ2n) is 7.06. The predicted octanol–water partition coefficient (Wildman–Crippen LogP) is 5.49. The van der Waals surface area contributed by atoms with Crippen molar-refractivity contribution in [3.05, 3.63) is 84.4 Å². The molecule has 0 aliphatic carbocycles. The van der Waals surface area contributed by atoms with Gasteiger partial charge in [-0.2, -0.15) is 0 Å². The molecule has 0 fully saturated rings. The Hall–Kier alpha value is -3.47. The van der Waals surface area contributed by atoms with Gasteiger partial charge in [0, 0.05) is 17.4 Å². The molecule has 30 heavy (non-hydrogen) atoms. The smallest absolute Gasteiger partial charge is 0.243 e. The number of hydrogen-bond donors (Lipinski definition) is 2. The molecule has 0 spiro atoms. The van der Waals surface area contributed by atoms with Crippen molar-refractivity contribution in [3.8, 4) is 11.5 Å². The number of benzene rings is 3. The Morgan fingerprint density at radius 1 is 0.900 bits per heavy atom. The van der Waals surface area contributed by atoms with E-state index < -0.39 is 0 Å². The molecule has 1 atom stereocenters. The molecule has 156 valence electrons. The third-order valence-electron chi connectivity index (χ3n) is 4.59. The molecule has 0 bridgehead atoms. The van der Waals surface area contributed by atoms with E-state index in [0.29, 0.717) is 6.61 Å². The highest BCUT2D eigenvalue weighted by atomic mass is 16.5. The minimum absolute atomic E-state index is 0.124. The van der Waals surface area contributed by atoms with Crippen molar-refractivity contribution < 1.29 is 14.3 Å². The van der Waals surface area contributed by atoms with Gasteiger partial charge in [-0.1, -0.05) is 43.3 Å². The van der Waals surface area contributed by atoms with Crippen LogP contribution >= 0.6 is 0 Å². The van der Waals surface area contributed by atoms with Gasteiger partial charge >= 0.3 is 0 Å². The first kappa shape index (κ1) is 21.2. The first-order valence-corrected chi connectivity index (χ1v) is 10.2. The number of carbonyl (C=O) groups excluding carboxylic acids is 1. The van der Waals surface area contributed by atoms with Gasteiger partial charge in [-0.3, -0.25) is 4.79 Å². The first-order chi connectivity index (χ1) is 14.6. The zero-order valence-corrected chi connectivity index (χ0v) is 17.4. The highest BCUT2D eigenvalue weighted by molar-refractivity contribution is 5.93. The molecular weight excluding hydrogens is 376 g/mol. The largest absolute Gasteiger partial charge is 0.491 e. The number of ether oxygens (including phenoxy) is 2. The van der Waals surface area contributed by atoms with Gasteiger partial charge < -0.3 is 20.1 Å². The molecule has 3 aromatic carbocycles. The zero-order chi connectivity index (χ0) is 21.2. The summed E-state index contributed by atoms with van der Waals surface area (Å²) in [6.45, 7) is 4.79. The van der Waals surface area contributed by atoms with Gasteiger partial charge in [0.2, 0.25) is 5.91 Å². The van der Waals surface area contributed by atoms with Crippen molar-refractivity contribution >= 4 is 17.3 Å². The third kappa shape index (κ3) is 6.85. The van der Waals surface area contributed by atoms with Crippen LogP contribution in [0.25, 0.3) is 0 Å². The number of anilines is 2. The molecule has 2 N–H and O–H groups in total.